The number of ketones is 1. The van der Waals surface area contributed by atoms with E-state index < -0.39 is 0 Å². The van der Waals surface area contributed by atoms with Crippen molar-refractivity contribution in [2.24, 2.45) is 0 Å². The van der Waals surface area contributed by atoms with Crippen LogP contribution in [0, 0.1) is 14.4 Å². The molecule has 0 spiro atoms. The fraction of sp³-hybridized carbons (Fsp3) is 0.360. The Balaban J connectivity index is -0.000000364. The van der Waals surface area contributed by atoms with Crippen LogP contribution in [-0.4, -0.2) is 12.9 Å². The number of aryl methyl sites for hydroxylation is 1. The molecule has 1 heterocycles. The van der Waals surface area contributed by atoms with Crippen molar-refractivity contribution in [3.63, 3.8) is 0 Å². The van der Waals surface area contributed by atoms with Crippen LogP contribution in [-0.2, 0) is 39.1 Å². The number of halogens is 2. The van der Waals surface area contributed by atoms with Crippen LogP contribution in [0.3, 0.4) is 0 Å². The van der Waals surface area contributed by atoms with Crippen LogP contribution < -0.4 is 4.74 Å². The largest absolute Gasteiger partial charge is 0.494 e. The van der Waals surface area contributed by atoms with Gasteiger partial charge in [-0.25, -0.2) is 0 Å². The normalized spacial score (nSPS) is 8.32. The minimum atomic E-state index is -0.0738. The summed E-state index contributed by atoms with van der Waals surface area (Å²) in [7, 11) is 1.58. The van der Waals surface area contributed by atoms with E-state index in [1.807, 2.05) is 48.5 Å². The Labute approximate surface area is 232 Å². The summed E-state index contributed by atoms with van der Waals surface area (Å²) in [5.41, 5.74) is 2.00. The van der Waals surface area contributed by atoms with Gasteiger partial charge in [-0.1, -0.05) is 47.3 Å². The van der Waals surface area contributed by atoms with Gasteiger partial charge in [-0.3, -0.25) is 4.79 Å². The molecule has 31 heavy (non-hydrogen) atoms. The second kappa shape index (κ2) is 21.4. The van der Waals surface area contributed by atoms with Crippen LogP contribution in [0.2, 0.25) is 0 Å². The summed E-state index contributed by atoms with van der Waals surface area (Å²) >= 11 is 6.85. The summed E-state index contributed by atoms with van der Waals surface area (Å²) in [5.74, 6) is 1.91. The molecule has 2 rings (SSSR count). The first-order valence-corrected chi connectivity index (χ1v) is 11.3. The number of allylic oxidation sites excluding steroid dienone is 1. The Morgan fingerprint density at radius 1 is 1.13 bits per heavy atom. The van der Waals surface area contributed by atoms with E-state index in [2.05, 4.69) is 45.0 Å². The quantitative estimate of drug-likeness (QED) is 0.187. The van der Waals surface area contributed by atoms with E-state index in [0.717, 1.165) is 14.5 Å². The molecule has 6 heteroatoms. The monoisotopic (exact) mass is 632 g/mol. The molecule has 0 atom stereocenters. The van der Waals surface area contributed by atoms with Gasteiger partial charge in [0.15, 0.2) is 5.78 Å². The van der Waals surface area contributed by atoms with Crippen molar-refractivity contribution >= 4 is 43.7 Å². The Kier molecular flexibility index (Phi) is 26.1. The third-order valence-corrected chi connectivity index (χ3v) is 4.63. The molecule has 0 amide bonds. The third kappa shape index (κ3) is 10.8. The molecule has 0 aliphatic rings. The molecule has 173 valence electrons. The van der Waals surface area contributed by atoms with E-state index in [-0.39, 0.29) is 45.9 Å². The zero-order valence-electron chi connectivity index (χ0n) is 20.5. The van der Waals surface area contributed by atoms with Crippen molar-refractivity contribution in [2.75, 3.05) is 7.11 Å². The molecule has 0 unspecified atom stereocenters. The number of hydrogen-bond donors (Lipinski definition) is 0. The maximum absolute atomic E-state index is 12.9. The summed E-state index contributed by atoms with van der Waals surface area (Å²) in [6.07, 6.45) is 4.03. The molecule has 0 aliphatic heterocycles. The number of hydrogen-bond acceptors (Lipinski definition) is 3. The maximum Gasteiger partial charge on any atom is 0.196 e. The number of carbonyl (C=O) groups excluding carboxylic acids is 1. The molecule has 0 saturated heterocycles. The van der Waals surface area contributed by atoms with Gasteiger partial charge in [-0.15, -0.1) is 6.58 Å². The van der Waals surface area contributed by atoms with Gasteiger partial charge >= 0.3 is 0 Å². The van der Waals surface area contributed by atoms with Crippen LogP contribution in [0.15, 0.2) is 44.7 Å². The molecular formula is C25H37Br2O3Y-. The Morgan fingerprint density at radius 3 is 1.87 bits per heavy atom. The average Bonchev–Trinajstić information content (AvgIpc) is 3.06. The molecule has 0 aliphatic carbocycles. The van der Waals surface area contributed by atoms with Crippen molar-refractivity contribution in [2.45, 2.75) is 54.9 Å². The summed E-state index contributed by atoms with van der Waals surface area (Å²) in [6.45, 7) is 20.8. The summed E-state index contributed by atoms with van der Waals surface area (Å²) in [5, 5.41) is 0. The van der Waals surface area contributed by atoms with Crippen molar-refractivity contribution in [1.82, 2.24) is 0 Å². The van der Waals surface area contributed by atoms with E-state index in [1.54, 1.807) is 31.4 Å². The van der Waals surface area contributed by atoms with Crippen molar-refractivity contribution in [3.8, 4) is 5.75 Å². The number of ether oxygens (including phenoxy) is 1. The van der Waals surface area contributed by atoms with E-state index in [4.69, 9.17) is 9.15 Å². The predicted molar refractivity (Wildman–Crippen MR) is 140 cm³/mol. The minimum absolute atomic E-state index is 0. The zero-order valence-corrected chi connectivity index (χ0v) is 26.5. The number of furan rings is 1. The topological polar surface area (TPSA) is 39.4 Å². The molecule has 0 fully saturated rings. The smallest absolute Gasteiger partial charge is 0.196 e. The van der Waals surface area contributed by atoms with Crippen LogP contribution in [0.5, 0.6) is 5.75 Å². The molecule has 1 aromatic carbocycles. The summed E-state index contributed by atoms with van der Waals surface area (Å²) in [4.78, 5) is 12.9. The number of carbonyl (C=O) groups is 1. The molecule has 0 bridgehead atoms. The van der Waals surface area contributed by atoms with Gasteiger partial charge in [-0.05, 0) is 63.9 Å². The first-order valence-electron chi connectivity index (χ1n) is 9.75. The van der Waals surface area contributed by atoms with Gasteiger partial charge in [-0.2, -0.15) is 0 Å². The van der Waals surface area contributed by atoms with Gasteiger partial charge < -0.3 is 16.6 Å². The van der Waals surface area contributed by atoms with E-state index in [0.29, 0.717) is 34.8 Å². The Bertz CT molecular complexity index is 773. The van der Waals surface area contributed by atoms with Crippen LogP contribution in [0.1, 0.15) is 74.5 Å². The minimum Gasteiger partial charge on any atom is -0.494 e. The first-order chi connectivity index (χ1) is 13.9. The van der Waals surface area contributed by atoms with Gasteiger partial charge in [0.05, 0.1) is 21.6 Å². The molecular weight excluding hydrogens is 597 g/mol. The summed E-state index contributed by atoms with van der Waals surface area (Å²) in [6, 6.07) is 3.51. The van der Waals surface area contributed by atoms with E-state index in [9.17, 15) is 4.79 Å². The third-order valence-electron chi connectivity index (χ3n) is 3.45. The molecule has 2 aromatic rings. The molecule has 3 nitrogen and oxygen atoms in total. The molecule has 1 aromatic heterocycles. The standard InChI is InChI=1S/C17H16Br2O3.C3H6.2C2H6.CH3.Y/c1-5-13-9(3)15(14(6-2)22-13)16(20)10-7-11(18)17(21-4)12(19)8-10;1-3-2;2*1-2;;/h5,7-8H,1,6H2,2-4H3;3H,1H2,2H3;2*1-2H3;1H3;/q;;;;-1;. The Hall–Kier alpha value is -0.486. The van der Waals surface area contributed by atoms with Gasteiger partial charge in [0.1, 0.15) is 17.3 Å². The number of methoxy groups -OCH3 is 1. The zero-order chi connectivity index (χ0) is 23.1. The van der Waals surface area contributed by atoms with Gasteiger partial charge in [0, 0.05) is 50.3 Å². The fourth-order valence-electron chi connectivity index (χ4n) is 2.36. The van der Waals surface area contributed by atoms with Gasteiger partial charge in [0.2, 0.25) is 0 Å². The second-order valence-electron chi connectivity index (χ2n) is 5.16. The van der Waals surface area contributed by atoms with Crippen LogP contribution in [0.25, 0.3) is 6.08 Å². The fourth-order valence-corrected chi connectivity index (χ4v) is 3.87. The molecule has 0 N–H and O–H groups in total. The maximum atomic E-state index is 12.9. The molecule has 0 saturated carbocycles. The van der Waals surface area contributed by atoms with Crippen molar-refractivity contribution < 1.29 is 46.7 Å². The van der Waals surface area contributed by atoms with Crippen LogP contribution >= 0.6 is 31.9 Å². The van der Waals surface area contributed by atoms with Crippen molar-refractivity contribution in [1.29, 1.82) is 0 Å². The van der Waals surface area contributed by atoms with E-state index in [1.165, 1.54) is 0 Å². The first kappa shape index (κ1) is 37.8. The average molecular weight is 634 g/mol. The Morgan fingerprint density at radius 2 is 1.55 bits per heavy atom. The second-order valence-corrected chi connectivity index (χ2v) is 6.87. The summed E-state index contributed by atoms with van der Waals surface area (Å²) < 4.78 is 12.4. The SMILES string of the molecule is C=CC.C=Cc1oc(CC)c(C(=O)c2cc(Br)c(OC)c(Br)c2)c1C.CC.CC.[CH3-].[Y]. The van der Waals surface area contributed by atoms with Gasteiger partial charge in [0.25, 0.3) is 0 Å². The predicted octanol–water partition coefficient (Wildman–Crippen LogP) is 9.25. The van der Waals surface area contributed by atoms with Crippen molar-refractivity contribution in [3.05, 3.63) is 75.9 Å². The number of rotatable bonds is 5. The van der Waals surface area contributed by atoms with Crippen LogP contribution in [0.4, 0.5) is 0 Å². The number of benzene rings is 1. The molecule has 1 radical (unpaired) electrons. The van der Waals surface area contributed by atoms with E-state index >= 15 is 0 Å².